The molecule has 11 heteroatoms. The lowest BCUT2D eigenvalue weighted by molar-refractivity contribution is -0.146. The molecule has 1 aliphatic rings. The first kappa shape index (κ1) is 18.6. The van der Waals surface area contributed by atoms with Crippen LogP contribution in [0.5, 0.6) is 0 Å². The number of halogens is 4. The molecule has 0 N–H and O–H groups in total. The molecule has 150 valence electrons. The van der Waals surface area contributed by atoms with Crippen molar-refractivity contribution in [3.05, 3.63) is 46.2 Å². The van der Waals surface area contributed by atoms with E-state index in [1.807, 2.05) is 23.1 Å². The highest BCUT2D eigenvalue weighted by Gasteiger charge is 2.38. The van der Waals surface area contributed by atoms with Crippen LogP contribution in [0.15, 0.2) is 30.3 Å². The maximum atomic E-state index is 13.1. The summed E-state index contributed by atoms with van der Waals surface area (Å²) in [5.41, 5.74) is 0.975. The van der Waals surface area contributed by atoms with Gasteiger partial charge in [-0.1, -0.05) is 11.6 Å². The van der Waals surface area contributed by atoms with Gasteiger partial charge >= 0.3 is 6.18 Å². The summed E-state index contributed by atoms with van der Waals surface area (Å²) in [7, 11) is 0. The molecule has 6 nitrogen and oxygen atoms in total. The van der Waals surface area contributed by atoms with Gasteiger partial charge in [0.1, 0.15) is 5.82 Å². The predicted molar refractivity (Wildman–Crippen MR) is 105 cm³/mol. The van der Waals surface area contributed by atoms with Crippen molar-refractivity contribution in [3.8, 4) is 0 Å². The van der Waals surface area contributed by atoms with E-state index in [1.54, 1.807) is 17.4 Å². The fraction of sp³-hybridized carbons (Fsp3) is 0.333. The van der Waals surface area contributed by atoms with Gasteiger partial charge in [0.2, 0.25) is 0 Å². The van der Waals surface area contributed by atoms with E-state index in [0.717, 1.165) is 32.6 Å². The number of thiazole rings is 1. The summed E-state index contributed by atoms with van der Waals surface area (Å²) >= 11 is 7.71. The molecule has 0 radical (unpaired) electrons. The van der Waals surface area contributed by atoms with Crippen LogP contribution in [0.2, 0.25) is 5.02 Å². The molecule has 0 spiro atoms. The zero-order valence-electron chi connectivity index (χ0n) is 14.9. The van der Waals surface area contributed by atoms with Crippen molar-refractivity contribution in [2.75, 3.05) is 18.0 Å². The molecule has 4 aromatic rings. The Labute approximate surface area is 171 Å². The van der Waals surface area contributed by atoms with E-state index >= 15 is 0 Å². The Kier molecular flexibility index (Phi) is 4.36. The largest absolute Gasteiger partial charge is 0.453 e. The Morgan fingerprint density at radius 3 is 2.62 bits per heavy atom. The lowest BCUT2D eigenvalue weighted by atomic mass is 9.97. The quantitative estimate of drug-likeness (QED) is 0.450. The van der Waals surface area contributed by atoms with Gasteiger partial charge in [0.05, 0.1) is 15.2 Å². The number of rotatable bonds is 2. The molecule has 0 saturated carbocycles. The highest BCUT2D eigenvalue weighted by atomic mass is 35.5. The summed E-state index contributed by atoms with van der Waals surface area (Å²) in [4.78, 5) is 6.71. The summed E-state index contributed by atoms with van der Waals surface area (Å²) in [5.74, 6) is -0.318. The summed E-state index contributed by atoms with van der Waals surface area (Å²) < 4.78 is 41.1. The number of hydrogen-bond donors (Lipinski definition) is 0. The monoisotopic (exact) mass is 438 g/mol. The van der Waals surface area contributed by atoms with E-state index in [2.05, 4.69) is 15.3 Å². The SMILES string of the molecule is FC(F)(F)c1nnc2ccc(N3CCC(c4nc5cc(Cl)ccc5s4)CC3)nn12. The van der Waals surface area contributed by atoms with Crippen molar-refractivity contribution in [1.82, 2.24) is 24.8 Å². The van der Waals surface area contributed by atoms with E-state index in [4.69, 9.17) is 16.6 Å². The summed E-state index contributed by atoms with van der Waals surface area (Å²) in [6.45, 7) is 1.37. The van der Waals surface area contributed by atoms with E-state index in [0.29, 0.717) is 29.8 Å². The van der Waals surface area contributed by atoms with Crippen LogP contribution in [-0.2, 0) is 6.18 Å². The second-order valence-corrected chi connectivity index (χ2v) is 8.41. The molecule has 5 rings (SSSR count). The number of alkyl halides is 3. The van der Waals surface area contributed by atoms with Crippen LogP contribution >= 0.6 is 22.9 Å². The Balaban J connectivity index is 1.36. The first-order chi connectivity index (χ1) is 13.9. The van der Waals surface area contributed by atoms with Crippen molar-refractivity contribution < 1.29 is 13.2 Å². The molecule has 1 fully saturated rings. The minimum absolute atomic E-state index is 0.0732. The van der Waals surface area contributed by atoms with Gasteiger partial charge in [-0.15, -0.1) is 26.6 Å². The normalized spacial score (nSPS) is 16.2. The third-order valence-corrected chi connectivity index (χ3v) is 6.47. The molecule has 0 atom stereocenters. The number of nitrogens with zero attached hydrogens (tertiary/aromatic N) is 6. The third kappa shape index (κ3) is 3.40. The second-order valence-electron chi connectivity index (χ2n) is 6.91. The number of aromatic nitrogens is 5. The van der Waals surface area contributed by atoms with Crippen molar-refractivity contribution in [3.63, 3.8) is 0 Å². The zero-order chi connectivity index (χ0) is 20.2. The maximum Gasteiger partial charge on any atom is 0.453 e. The highest BCUT2D eigenvalue weighted by molar-refractivity contribution is 7.18. The van der Waals surface area contributed by atoms with Crippen molar-refractivity contribution in [2.45, 2.75) is 24.9 Å². The summed E-state index contributed by atoms with van der Waals surface area (Å²) in [5, 5.41) is 12.6. The topological polar surface area (TPSA) is 59.2 Å². The molecule has 1 aromatic carbocycles. The van der Waals surface area contributed by atoms with Crippen LogP contribution in [0.3, 0.4) is 0 Å². The smallest absolute Gasteiger partial charge is 0.355 e. The molecule has 0 unspecified atom stereocenters. The minimum atomic E-state index is -4.60. The number of hydrogen-bond acceptors (Lipinski definition) is 6. The molecular weight excluding hydrogens is 425 g/mol. The Morgan fingerprint density at radius 2 is 1.86 bits per heavy atom. The van der Waals surface area contributed by atoms with Crippen molar-refractivity contribution >= 4 is 44.6 Å². The van der Waals surface area contributed by atoms with Crippen LogP contribution < -0.4 is 4.90 Å². The Bertz CT molecular complexity index is 1200. The van der Waals surface area contributed by atoms with Crippen LogP contribution in [0.4, 0.5) is 19.0 Å². The van der Waals surface area contributed by atoms with Crippen molar-refractivity contribution in [2.24, 2.45) is 0 Å². The Morgan fingerprint density at radius 1 is 1.07 bits per heavy atom. The van der Waals surface area contributed by atoms with Gasteiger partial charge in [-0.2, -0.15) is 17.7 Å². The first-order valence-corrected chi connectivity index (χ1v) is 10.2. The maximum absolute atomic E-state index is 13.1. The molecule has 3 aromatic heterocycles. The van der Waals surface area contributed by atoms with Gasteiger partial charge in [-0.3, -0.25) is 0 Å². The van der Waals surface area contributed by atoms with Crippen molar-refractivity contribution in [1.29, 1.82) is 0 Å². The van der Waals surface area contributed by atoms with E-state index in [1.165, 1.54) is 6.07 Å². The van der Waals surface area contributed by atoms with Gasteiger partial charge in [-0.25, -0.2) is 4.98 Å². The van der Waals surface area contributed by atoms with Gasteiger partial charge < -0.3 is 4.90 Å². The molecule has 0 amide bonds. The lowest BCUT2D eigenvalue weighted by Gasteiger charge is -2.31. The minimum Gasteiger partial charge on any atom is -0.355 e. The van der Waals surface area contributed by atoms with Gasteiger partial charge in [-0.05, 0) is 43.2 Å². The molecule has 1 aliphatic heterocycles. The van der Waals surface area contributed by atoms with E-state index in [-0.39, 0.29) is 5.65 Å². The number of benzene rings is 1. The zero-order valence-corrected chi connectivity index (χ0v) is 16.5. The molecule has 1 saturated heterocycles. The highest BCUT2D eigenvalue weighted by Crippen LogP contribution is 2.35. The summed E-state index contributed by atoms with van der Waals surface area (Å²) in [6.07, 6.45) is -2.91. The molecule has 0 bridgehead atoms. The van der Waals surface area contributed by atoms with E-state index < -0.39 is 12.0 Å². The fourth-order valence-electron chi connectivity index (χ4n) is 3.57. The van der Waals surface area contributed by atoms with Crippen LogP contribution in [-0.4, -0.2) is 37.9 Å². The van der Waals surface area contributed by atoms with Gasteiger partial charge in [0.15, 0.2) is 5.65 Å². The van der Waals surface area contributed by atoms with Gasteiger partial charge in [0, 0.05) is 24.0 Å². The average molecular weight is 439 g/mol. The fourth-order valence-corrected chi connectivity index (χ4v) is 4.86. The Hall–Kier alpha value is -2.46. The first-order valence-electron chi connectivity index (χ1n) is 8.99. The van der Waals surface area contributed by atoms with Gasteiger partial charge in [0.25, 0.3) is 5.82 Å². The van der Waals surface area contributed by atoms with E-state index in [9.17, 15) is 13.2 Å². The molecule has 29 heavy (non-hydrogen) atoms. The predicted octanol–water partition coefficient (Wildman–Crippen LogP) is 4.79. The second kappa shape index (κ2) is 6.81. The number of piperidine rings is 1. The lowest BCUT2D eigenvalue weighted by Crippen LogP contribution is -2.33. The number of anilines is 1. The summed E-state index contributed by atoms with van der Waals surface area (Å²) in [6, 6.07) is 8.89. The third-order valence-electron chi connectivity index (χ3n) is 5.04. The van der Waals surface area contributed by atoms with Crippen LogP contribution in [0.1, 0.15) is 29.6 Å². The molecule has 4 heterocycles. The average Bonchev–Trinajstić information content (AvgIpc) is 3.31. The number of fused-ring (bicyclic) bond motifs is 2. The molecular formula is C18H14ClF3N6S. The van der Waals surface area contributed by atoms with Crippen LogP contribution in [0.25, 0.3) is 15.9 Å². The standard InChI is InChI=1S/C18H14ClF3N6S/c19-11-1-2-13-12(9-11)23-16(29-13)10-5-7-27(8-6-10)15-4-3-14-24-25-17(18(20,21)22)28(14)26-15/h1-4,9-10H,5-8H2. The van der Waals surface area contributed by atoms with Crippen LogP contribution in [0, 0.1) is 0 Å². The molecule has 0 aliphatic carbocycles.